The van der Waals surface area contributed by atoms with Crippen molar-refractivity contribution >= 4 is 23.1 Å². The van der Waals surface area contributed by atoms with Crippen LogP contribution in [0, 0.1) is 10.1 Å². The maximum absolute atomic E-state index is 10.8. The lowest BCUT2D eigenvalue weighted by Gasteiger charge is -2.14. The maximum Gasteiger partial charge on any atom is 0.269 e. The molecule has 0 spiro atoms. The average Bonchev–Trinajstić information content (AvgIpc) is 2.69. The van der Waals surface area contributed by atoms with Crippen molar-refractivity contribution in [3.05, 3.63) is 64.8 Å². The second kappa shape index (κ2) is 8.19. The molecule has 0 radical (unpaired) electrons. The van der Waals surface area contributed by atoms with Crippen LogP contribution in [0.15, 0.2) is 54.7 Å². The summed E-state index contributed by atoms with van der Waals surface area (Å²) in [4.78, 5) is 23.5. The van der Waals surface area contributed by atoms with Gasteiger partial charge in [-0.05, 0) is 31.2 Å². The van der Waals surface area contributed by atoms with Crippen LogP contribution < -0.4 is 10.6 Å². The van der Waals surface area contributed by atoms with Crippen molar-refractivity contribution in [2.24, 2.45) is 0 Å². The number of hydrogen-bond acceptors (Lipinski definition) is 8. The van der Waals surface area contributed by atoms with Crippen LogP contribution in [-0.2, 0) is 0 Å². The molecule has 1 aromatic carbocycles. The Morgan fingerprint density at radius 1 is 1.15 bits per heavy atom. The first-order valence-corrected chi connectivity index (χ1v) is 8.24. The van der Waals surface area contributed by atoms with Crippen molar-refractivity contribution in [2.45, 2.75) is 13.0 Å². The first kappa shape index (κ1) is 18.2. The monoisotopic (exact) mass is 366 g/mol. The topological polar surface area (TPSA) is 126 Å². The van der Waals surface area contributed by atoms with Gasteiger partial charge in [0.25, 0.3) is 5.69 Å². The highest BCUT2D eigenvalue weighted by atomic mass is 16.6. The predicted molar refractivity (Wildman–Crippen MR) is 102 cm³/mol. The van der Waals surface area contributed by atoms with Crippen molar-refractivity contribution in [1.82, 2.24) is 15.0 Å². The van der Waals surface area contributed by atoms with Gasteiger partial charge in [0.15, 0.2) is 0 Å². The molecule has 9 heteroatoms. The van der Waals surface area contributed by atoms with E-state index in [0.29, 0.717) is 28.8 Å². The van der Waals surface area contributed by atoms with Crippen molar-refractivity contribution < 1.29 is 10.0 Å². The molecule has 138 valence electrons. The zero-order chi connectivity index (χ0) is 19.2. The van der Waals surface area contributed by atoms with Crippen LogP contribution in [0.25, 0.3) is 11.4 Å². The standard InChI is InChI=1S/C18H18N6O3/c1-12(11-25)20-18-22-16(15-4-2-3-9-19-15)10-17(23-18)21-13-5-7-14(8-6-13)24(26)27/h2-10,12,25H,11H2,1H3,(H2,20,21,22,23)/t12-/m1/s1. The number of non-ortho nitro benzene ring substituents is 1. The van der Waals surface area contributed by atoms with Crippen molar-refractivity contribution in [3.8, 4) is 11.4 Å². The van der Waals surface area contributed by atoms with E-state index in [2.05, 4.69) is 25.6 Å². The molecule has 0 aliphatic heterocycles. The quantitative estimate of drug-likeness (QED) is 0.430. The highest BCUT2D eigenvalue weighted by molar-refractivity contribution is 5.65. The third-order valence-corrected chi connectivity index (χ3v) is 3.65. The molecule has 2 aromatic heterocycles. The minimum absolute atomic E-state index is 0.0107. The molecule has 3 N–H and O–H groups in total. The van der Waals surface area contributed by atoms with Gasteiger partial charge in [-0.1, -0.05) is 6.07 Å². The van der Waals surface area contributed by atoms with Crippen molar-refractivity contribution in [1.29, 1.82) is 0 Å². The summed E-state index contributed by atoms with van der Waals surface area (Å²) in [6, 6.07) is 13.0. The number of anilines is 3. The molecule has 0 amide bonds. The molecule has 0 saturated carbocycles. The summed E-state index contributed by atoms with van der Waals surface area (Å²) >= 11 is 0. The van der Waals surface area contributed by atoms with E-state index in [4.69, 9.17) is 0 Å². The molecule has 3 aromatic rings. The van der Waals surface area contributed by atoms with Gasteiger partial charge in [-0.2, -0.15) is 4.98 Å². The molecule has 0 aliphatic rings. The number of rotatable bonds is 7. The Balaban J connectivity index is 1.93. The Kier molecular flexibility index (Phi) is 5.53. The first-order chi connectivity index (χ1) is 13.0. The van der Waals surface area contributed by atoms with Crippen molar-refractivity contribution in [3.63, 3.8) is 0 Å². The van der Waals surface area contributed by atoms with Crippen molar-refractivity contribution in [2.75, 3.05) is 17.2 Å². The normalized spacial score (nSPS) is 11.6. The van der Waals surface area contributed by atoms with Gasteiger partial charge in [-0.15, -0.1) is 0 Å². The zero-order valence-corrected chi connectivity index (χ0v) is 14.5. The fourth-order valence-electron chi connectivity index (χ4n) is 2.30. The second-order valence-electron chi connectivity index (χ2n) is 5.83. The molecular weight excluding hydrogens is 348 g/mol. The molecule has 0 aliphatic carbocycles. The van der Waals surface area contributed by atoms with E-state index in [1.807, 2.05) is 18.2 Å². The summed E-state index contributed by atoms with van der Waals surface area (Å²) in [6.45, 7) is 1.74. The van der Waals surface area contributed by atoms with Gasteiger partial charge in [0.2, 0.25) is 5.95 Å². The summed E-state index contributed by atoms with van der Waals surface area (Å²) in [5, 5.41) is 26.2. The van der Waals surface area contributed by atoms with Gasteiger partial charge in [-0.25, -0.2) is 4.98 Å². The second-order valence-corrected chi connectivity index (χ2v) is 5.83. The predicted octanol–water partition coefficient (Wildman–Crippen LogP) is 2.98. The minimum Gasteiger partial charge on any atom is -0.394 e. The lowest BCUT2D eigenvalue weighted by atomic mass is 10.2. The van der Waals surface area contributed by atoms with Gasteiger partial charge in [-0.3, -0.25) is 15.1 Å². The number of pyridine rings is 1. The van der Waals surface area contributed by atoms with Gasteiger partial charge in [0, 0.05) is 36.1 Å². The van der Waals surface area contributed by atoms with Crippen LogP contribution in [-0.4, -0.2) is 37.6 Å². The van der Waals surface area contributed by atoms with E-state index in [9.17, 15) is 15.2 Å². The van der Waals surface area contributed by atoms with Gasteiger partial charge >= 0.3 is 0 Å². The SMILES string of the molecule is C[C@H](CO)Nc1nc(Nc2ccc([N+](=O)[O-])cc2)cc(-c2ccccn2)n1. The third-order valence-electron chi connectivity index (χ3n) is 3.65. The Hall–Kier alpha value is -3.59. The smallest absolute Gasteiger partial charge is 0.269 e. The van der Waals surface area contributed by atoms with Crippen LogP contribution in [0.1, 0.15) is 6.92 Å². The Bertz CT molecular complexity index is 918. The molecule has 27 heavy (non-hydrogen) atoms. The summed E-state index contributed by atoms with van der Waals surface area (Å²) in [6.07, 6.45) is 1.67. The number of aliphatic hydroxyl groups excluding tert-OH is 1. The molecular formula is C18H18N6O3. The number of benzene rings is 1. The maximum atomic E-state index is 10.8. The molecule has 9 nitrogen and oxygen atoms in total. The Labute approximate surface area is 155 Å². The van der Waals surface area contributed by atoms with E-state index >= 15 is 0 Å². The number of nitrogens with one attached hydrogen (secondary N) is 2. The van der Waals surface area contributed by atoms with Gasteiger partial charge in [0.05, 0.1) is 22.9 Å². The zero-order valence-electron chi connectivity index (χ0n) is 14.5. The van der Waals surface area contributed by atoms with Gasteiger partial charge < -0.3 is 15.7 Å². The Morgan fingerprint density at radius 2 is 1.93 bits per heavy atom. The summed E-state index contributed by atoms with van der Waals surface area (Å²) in [5.74, 6) is 0.830. The number of hydrogen-bond donors (Lipinski definition) is 3. The molecule has 0 bridgehead atoms. The Morgan fingerprint density at radius 3 is 2.56 bits per heavy atom. The fourth-order valence-corrected chi connectivity index (χ4v) is 2.30. The molecule has 3 rings (SSSR count). The van der Waals surface area contributed by atoms with Crippen LogP contribution in [0.2, 0.25) is 0 Å². The van der Waals surface area contributed by atoms with Crippen LogP contribution in [0.5, 0.6) is 0 Å². The molecule has 0 fully saturated rings. The highest BCUT2D eigenvalue weighted by Gasteiger charge is 2.11. The molecule has 2 heterocycles. The van der Waals surface area contributed by atoms with Crippen LogP contribution in [0.4, 0.5) is 23.1 Å². The molecule has 0 unspecified atom stereocenters. The van der Waals surface area contributed by atoms with E-state index in [0.717, 1.165) is 0 Å². The fraction of sp³-hybridized carbons (Fsp3) is 0.167. The summed E-state index contributed by atoms with van der Waals surface area (Å²) in [5.41, 5.74) is 1.93. The van der Waals surface area contributed by atoms with Crippen LogP contribution >= 0.6 is 0 Å². The number of nitro benzene ring substituents is 1. The lowest BCUT2D eigenvalue weighted by molar-refractivity contribution is -0.384. The van der Waals surface area contributed by atoms with E-state index in [1.165, 1.54) is 12.1 Å². The highest BCUT2D eigenvalue weighted by Crippen LogP contribution is 2.23. The summed E-state index contributed by atoms with van der Waals surface area (Å²) in [7, 11) is 0. The van der Waals surface area contributed by atoms with E-state index < -0.39 is 4.92 Å². The summed E-state index contributed by atoms with van der Waals surface area (Å²) < 4.78 is 0. The largest absolute Gasteiger partial charge is 0.394 e. The third kappa shape index (κ3) is 4.73. The van der Waals surface area contributed by atoms with E-state index in [-0.39, 0.29) is 18.3 Å². The van der Waals surface area contributed by atoms with E-state index in [1.54, 1.807) is 31.3 Å². The number of aromatic nitrogens is 3. The average molecular weight is 366 g/mol. The molecule has 1 atom stereocenters. The number of nitrogens with zero attached hydrogens (tertiary/aromatic N) is 4. The minimum atomic E-state index is -0.452. The lowest BCUT2D eigenvalue weighted by Crippen LogP contribution is -2.21. The first-order valence-electron chi connectivity index (χ1n) is 8.24. The van der Waals surface area contributed by atoms with Crippen LogP contribution in [0.3, 0.4) is 0 Å². The van der Waals surface area contributed by atoms with Gasteiger partial charge in [0.1, 0.15) is 5.82 Å². The number of nitro groups is 1. The number of aliphatic hydroxyl groups is 1. The molecule has 0 saturated heterocycles.